The van der Waals surface area contributed by atoms with E-state index < -0.39 is 0 Å². The second-order valence-electron chi connectivity index (χ2n) is 10.7. The van der Waals surface area contributed by atoms with E-state index in [0.717, 1.165) is 49.2 Å². The van der Waals surface area contributed by atoms with Crippen molar-refractivity contribution in [3.8, 4) is 0 Å². The van der Waals surface area contributed by atoms with Crippen molar-refractivity contribution in [1.29, 1.82) is 0 Å². The Balaban J connectivity index is 0.00000562. The summed E-state index contributed by atoms with van der Waals surface area (Å²) in [5.41, 5.74) is 3.15. The zero-order valence-electron chi connectivity index (χ0n) is 24.5. The number of nitrogens with zero attached hydrogens (tertiary/aromatic N) is 1. The molecular weight excluding hydrogens is 428 g/mol. The van der Waals surface area contributed by atoms with Crippen LogP contribution >= 0.6 is 0 Å². The minimum absolute atomic E-state index is 0.135. The first-order valence-corrected chi connectivity index (χ1v) is 14.4. The Labute approximate surface area is 219 Å². The topological polar surface area (TPSA) is 39.3 Å². The highest BCUT2D eigenvalue weighted by atomic mass is 15.1. The van der Waals surface area contributed by atoms with E-state index in [1.165, 1.54) is 38.9 Å². The molecule has 0 amide bonds. The van der Waals surface area contributed by atoms with Crippen molar-refractivity contribution in [1.82, 2.24) is 20.9 Å². The van der Waals surface area contributed by atoms with Crippen LogP contribution in [0.15, 0.2) is 49.5 Å². The first kappa shape index (κ1) is 33.3. The van der Waals surface area contributed by atoms with Crippen molar-refractivity contribution in [3.05, 3.63) is 49.5 Å². The van der Waals surface area contributed by atoms with E-state index in [4.69, 9.17) is 0 Å². The summed E-state index contributed by atoms with van der Waals surface area (Å²) >= 11 is 0. The molecule has 1 fully saturated rings. The monoisotopic (exact) mass is 488 g/mol. The number of hydrogen-bond donors (Lipinski definition) is 3. The molecule has 1 aliphatic heterocycles. The molecule has 0 saturated carbocycles. The molecule has 4 heteroatoms. The van der Waals surface area contributed by atoms with Crippen LogP contribution in [-0.2, 0) is 0 Å². The molecule has 1 rings (SSSR count). The largest absolute Gasteiger partial charge is 0.381 e. The zero-order valence-corrected chi connectivity index (χ0v) is 24.5. The highest BCUT2D eigenvalue weighted by molar-refractivity contribution is 5.15. The molecule has 3 unspecified atom stereocenters. The van der Waals surface area contributed by atoms with Gasteiger partial charge in [-0.05, 0) is 76.4 Å². The molecule has 1 saturated heterocycles. The fraction of sp³-hybridized carbons (Fsp3) is 0.742. The van der Waals surface area contributed by atoms with Gasteiger partial charge in [0.1, 0.15) is 0 Å². The van der Waals surface area contributed by atoms with E-state index in [1.807, 2.05) is 19.9 Å². The third-order valence-electron chi connectivity index (χ3n) is 6.48. The Morgan fingerprint density at radius 2 is 1.40 bits per heavy atom. The number of nitrogens with one attached hydrogen (secondary N) is 3. The maximum Gasteiger partial charge on any atom is 0.0653 e. The smallest absolute Gasteiger partial charge is 0.0653 e. The number of allylic oxidation sites excluding steroid dienone is 1. The summed E-state index contributed by atoms with van der Waals surface area (Å²) < 4.78 is 0. The number of likely N-dealkylation sites (tertiary alicyclic amines) is 1. The van der Waals surface area contributed by atoms with Crippen molar-refractivity contribution in [3.63, 3.8) is 0 Å². The quantitative estimate of drug-likeness (QED) is 0.176. The van der Waals surface area contributed by atoms with Crippen LogP contribution in [0, 0.1) is 11.8 Å². The summed E-state index contributed by atoms with van der Waals surface area (Å²) in [4.78, 5) is 2.60. The molecule has 3 atom stereocenters. The van der Waals surface area contributed by atoms with Gasteiger partial charge in [-0.2, -0.15) is 0 Å². The third kappa shape index (κ3) is 15.1. The summed E-state index contributed by atoms with van der Waals surface area (Å²) in [5.74, 6) is 1.16. The fourth-order valence-corrected chi connectivity index (χ4v) is 4.60. The van der Waals surface area contributed by atoms with Crippen molar-refractivity contribution in [2.75, 3.05) is 19.6 Å². The second kappa shape index (κ2) is 19.5. The van der Waals surface area contributed by atoms with Crippen LogP contribution in [0.1, 0.15) is 99.8 Å². The van der Waals surface area contributed by atoms with Crippen molar-refractivity contribution < 1.29 is 0 Å². The average molecular weight is 489 g/mol. The standard InChI is InChI=1S/C29H54N4.C2H6/c1-10-27(20-22(3)4)31-26(9)29(21-23(5)6)32-25(8)28(11-2)30-24(7)16-15-19-33-17-13-12-14-18-33;1-2/h10,22-23,27-32H,1,7-9,11-21H2,2-6H3;1-2H3. The van der Waals surface area contributed by atoms with Crippen molar-refractivity contribution in [2.24, 2.45) is 11.8 Å². The van der Waals surface area contributed by atoms with Crippen LogP contribution in [0.4, 0.5) is 0 Å². The van der Waals surface area contributed by atoms with Gasteiger partial charge in [0.05, 0.1) is 12.1 Å². The van der Waals surface area contributed by atoms with Crippen LogP contribution in [-0.4, -0.2) is 42.7 Å². The molecule has 0 bridgehead atoms. The lowest BCUT2D eigenvalue weighted by molar-refractivity contribution is 0.226. The van der Waals surface area contributed by atoms with Crippen molar-refractivity contribution in [2.45, 2.75) is 118 Å². The van der Waals surface area contributed by atoms with Crippen LogP contribution in [0.2, 0.25) is 0 Å². The maximum atomic E-state index is 4.40. The van der Waals surface area contributed by atoms with Gasteiger partial charge < -0.3 is 20.9 Å². The van der Waals surface area contributed by atoms with E-state index in [2.05, 4.69) is 81.8 Å². The summed E-state index contributed by atoms with van der Waals surface area (Å²) in [6, 6.07) is 0.540. The van der Waals surface area contributed by atoms with E-state index in [0.29, 0.717) is 11.8 Å². The Bertz CT molecular complexity index is 601. The normalized spacial score (nSPS) is 16.5. The highest BCUT2D eigenvalue weighted by Crippen LogP contribution is 2.17. The minimum atomic E-state index is 0.135. The van der Waals surface area contributed by atoms with E-state index in [-0.39, 0.29) is 18.1 Å². The number of rotatable bonds is 18. The molecule has 0 aromatic heterocycles. The molecule has 0 spiro atoms. The summed E-state index contributed by atoms with van der Waals surface area (Å²) in [7, 11) is 0. The molecule has 0 aliphatic carbocycles. The minimum Gasteiger partial charge on any atom is -0.381 e. The number of piperidine rings is 1. The first-order chi connectivity index (χ1) is 16.7. The predicted molar refractivity (Wildman–Crippen MR) is 158 cm³/mol. The Morgan fingerprint density at radius 3 is 1.91 bits per heavy atom. The van der Waals surface area contributed by atoms with Crippen LogP contribution < -0.4 is 16.0 Å². The highest BCUT2D eigenvalue weighted by Gasteiger charge is 2.21. The molecule has 0 aromatic carbocycles. The summed E-state index contributed by atoms with van der Waals surface area (Å²) in [6.45, 7) is 36.0. The lowest BCUT2D eigenvalue weighted by Gasteiger charge is -2.32. The molecule has 4 nitrogen and oxygen atoms in total. The van der Waals surface area contributed by atoms with E-state index in [9.17, 15) is 0 Å². The van der Waals surface area contributed by atoms with Gasteiger partial charge in [-0.3, -0.25) is 0 Å². The van der Waals surface area contributed by atoms with Crippen molar-refractivity contribution >= 4 is 0 Å². The molecule has 3 N–H and O–H groups in total. The van der Waals surface area contributed by atoms with Gasteiger partial charge >= 0.3 is 0 Å². The Hall–Kier alpha value is -1.68. The van der Waals surface area contributed by atoms with Gasteiger partial charge in [0, 0.05) is 23.1 Å². The Kier molecular flexibility index (Phi) is 18.6. The summed E-state index contributed by atoms with van der Waals surface area (Å²) in [6.07, 6.45) is 11.3. The van der Waals surface area contributed by atoms with E-state index >= 15 is 0 Å². The first-order valence-electron chi connectivity index (χ1n) is 14.4. The zero-order chi connectivity index (χ0) is 26.8. The maximum absolute atomic E-state index is 4.40. The molecular formula is C31H60N4. The second-order valence-corrected chi connectivity index (χ2v) is 10.7. The average Bonchev–Trinajstić information content (AvgIpc) is 2.82. The molecule has 1 aliphatic rings. The molecule has 0 radical (unpaired) electrons. The molecule has 1 heterocycles. The van der Waals surface area contributed by atoms with Crippen LogP contribution in [0.3, 0.4) is 0 Å². The van der Waals surface area contributed by atoms with Gasteiger partial charge in [0.15, 0.2) is 0 Å². The molecule has 204 valence electrons. The van der Waals surface area contributed by atoms with Gasteiger partial charge in [0.25, 0.3) is 0 Å². The van der Waals surface area contributed by atoms with Gasteiger partial charge in [-0.25, -0.2) is 0 Å². The predicted octanol–water partition coefficient (Wildman–Crippen LogP) is 7.38. The lowest BCUT2D eigenvalue weighted by atomic mass is 9.98. The Morgan fingerprint density at radius 1 is 0.829 bits per heavy atom. The third-order valence-corrected chi connectivity index (χ3v) is 6.48. The van der Waals surface area contributed by atoms with Crippen LogP contribution in [0.25, 0.3) is 0 Å². The lowest BCUT2D eigenvalue weighted by Crippen LogP contribution is -2.44. The van der Waals surface area contributed by atoms with Gasteiger partial charge in [0.2, 0.25) is 0 Å². The fourth-order valence-electron chi connectivity index (χ4n) is 4.60. The molecule has 35 heavy (non-hydrogen) atoms. The van der Waals surface area contributed by atoms with Crippen LogP contribution in [0.5, 0.6) is 0 Å². The van der Waals surface area contributed by atoms with E-state index in [1.54, 1.807) is 0 Å². The SMILES string of the molecule is C=CC(CC(C)C)NC(=C)C(CC(C)C)NC(=C)C(CC)NC(=C)CCCN1CCCCC1.CC. The number of hydrogen-bond acceptors (Lipinski definition) is 4. The van der Waals surface area contributed by atoms with Gasteiger partial charge in [-0.15, -0.1) is 6.58 Å². The molecule has 0 aromatic rings. The summed E-state index contributed by atoms with van der Waals surface area (Å²) in [5, 5.41) is 10.9. The van der Waals surface area contributed by atoms with Gasteiger partial charge in [-0.1, -0.05) is 80.7 Å².